The Kier molecular flexibility index (Phi) is 4.37. The van der Waals surface area contributed by atoms with Gasteiger partial charge in [-0.05, 0) is 30.2 Å². The molecule has 21 heavy (non-hydrogen) atoms. The van der Waals surface area contributed by atoms with E-state index in [0.717, 1.165) is 29.3 Å². The zero-order valence-corrected chi connectivity index (χ0v) is 13.6. The number of amides is 1. The molecule has 2 atom stereocenters. The molecular weight excluding hydrogens is 302 g/mol. The number of thiophene rings is 1. The minimum absolute atomic E-state index is 0.0808. The maximum Gasteiger partial charge on any atom is 0.265 e. The number of piperidine rings is 1. The van der Waals surface area contributed by atoms with Gasteiger partial charge in [-0.1, -0.05) is 13.0 Å². The first-order valence-corrected chi connectivity index (χ1v) is 8.91. The molecule has 3 heterocycles. The monoisotopic (exact) mass is 321 g/mol. The second-order valence-corrected chi connectivity index (χ2v) is 7.41. The van der Waals surface area contributed by atoms with Crippen LogP contribution in [0.2, 0.25) is 0 Å². The number of hydrogen-bond acceptors (Lipinski definition) is 5. The van der Waals surface area contributed by atoms with Crippen LogP contribution in [0.25, 0.3) is 9.88 Å². The van der Waals surface area contributed by atoms with Crippen LogP contribution >= 0.6 is 22.7 Å². The van der Waals surface area contributed by atoms with Gasteiger partial charge in [-0.2, -0.15) is 0 Å². The van der Waals surface area contributed by atoms with Gasteiger partial charge in [0.15, 0.2) is 0 Å². The van der Waals surface area contributed by atoms with Crippen LogP contribution < -0.4 is 5.73 Å². The molecule has 0 radical (unpaired) electrons. The average molecular weight is 321 g/mol. The first-order valence-electron chi connectivity index (χ1n) is 7.21. The molecule has 1 fully saturated rings. The van der Waals surface area contributed by atoms with Crippen molar-refractivity contribution in [1.82, 2.24) is 9.88 Å². The molecule has 0 spiro atoms. The minimum atomic E-state index is 0.0808. The topological polar surface area (TPSA) is 59.2 Å². The summed E-state index contributed by atoms with van der Waals surface area (Å²) in [5.41, 5.74) is 5.88. The number of aromatic nitrogens is 1. The second kappa shape index (κ2) is 6.25. The van der Waals surface area contributed by atoms with Crippen LogP contribution in [0.3, 0.4) is 0 Å². The van der Waals surface area contributed by atoms with E-state index in [0.29, 0.717) is 17.3 Å². The molecule has 1 amide bonds. The van der Waals surface area contributed by atoms with Crippen LogP contribution in [0.15, 0.2) is 23.7 Å². The number of rotatable bonds is 3. The molecule has 3 rings (SSSR count). The molecule has 1 saturated heterocycles. The van der Waals surface area contributed by atoms with Gasteiger partial charge in [0.25, 0.3) is 5.91 Å². The summed E-state index contributed by atoms with van der Waals surface area (Å²) in [5.74, 6) is 0.551. The Morgan fingerprint density at radius 3 is 3.14 bits per heavy atom. The Morgan fingerprint density at radius 1 is 1.57 bits per heavy atom. The Balaban J connectivity index is 1.81. The number of hydrogen-bond donors (Lipinski definition) is 1. The maximum atomic E-state index is 12.7. The van der Waals surface area contributed by atoms with Crippen LogP contribution in [0.4, 0.5) is 0 Å². The lowest BCUT2D eigenvalue weighted by molar-refractivity contribution is 0.0537. The largest absolute Gasteiger partial charge is 0.333 e. The van der Waals surface area contributed by atoms with E-state index < -0.39 is 0 Å². The fraction of sp³-hybridized carbons (Fsp3) is 0.467. The molecule has 2 aromatic heterocycles. The third kappa shape index (κ3) is 2.88. The van der Waals surface area contributed by atoms with Crippen LogP contribution in [-0.4, -0.2) is 34.9 Å². The summed E-state index contributed by atoms with van der Waals surface area (Å²) in [6, 6.07) is 4.18. The molecule has 0 aliphatic carbocycles. The summed E-state index contributed by atoms with van der Waals surface area (Å²) in [6.45, 7) is 3.52. The van der Waals surface area contributed by atoms with Crippen molar-refractivity contribution in [2.24, 2.45) is 11.7 Å². The predicted octanol–water partition coefficient (Wildman–Crippen LogP) is 3.07. The van der Waals surface area contributed by atoms with Crippen molar-refractivity contribution in [3.05, 3.63) is 28.6 Å². The number of likely N-dealkylation sites (tertiary alicyclic amines) is 1. The first kappa shape index (κ1) is 14.7. The lowest BCUT2D eigenvalue weighted by atomic mass is 9.90. The van der Waals surface area contributed by atoms with Crippen LogP contribution in [0.5, 0.6) is 0 Å². The van der Waals surface area contributed by atoms with Crippen molar-refractivity contribution in [2.75, 3.05) is 13.1 Å². The summed E-state index contributed by atoms with van der Waals surface area (Å²) in [6.07, 6.45) is 3.91. The summed E-state index contributed by atoms with van der Waals surface area (Å²) >= 11 is 3.12. The zero-order chi connectivity index (χ0) is 14.8. The minimum Gasteiger partial charge on any atom is -0.333 e. The van der Waals surface area contributed by atoms with E-state index in [-0.39, 0.29) is 11.9 Å². The fourth-order valence-corrected chi connectivity index (χ4v) is 4.57. The van der Waals surface area contributed by atoms with Gasteiger partial charge in [-0.3, -0.25) is 4.79 Å². The van der Waals surface area contributed by atoms with E-state index in [1.54, 1.807) is 17.5 Å². The fourth-order valence-electron chi connectivity index (χ4n) is 2.89. The highest BCUT2D eigenvalue weighted by molar-refractivity contribution is 7.21. The Morgan fingerprint density at radius 2 is 2.43 bits per heavy atom. The van der Waals surface area contributed by atoms with E-state index in [2.05, 4.69) is 11.9 Å². The molecule has 2 aromatic rings. The highest BCUT2D eigenvalue weighted by Crippen LogP contribution is 2.31. The molecular formula is C15H19N3OS2. The van der Waals surface area contributed by atoms with Gasteiger partial charge in [0, 0.05) is 19.1 Å². The van der Waals surface area contributed by atoms with Gasteiger partial charge in [0.2, 0.25) is 0 Å². The maximum absolute atomic E-state index is 12.7. The van der Waals surface area contributed by atoms with Crippen molar-refractivity contribution < 1.29 is 4.79 Å². The van der Waals surface area contributed by atoms with E-state index in [1.165, 1.54) is 11.3 Å². The van der Waals surface area contributed by atoms with Gasteiger partial charge in [0.05, 0.1) is 11.1 Å². The van der Waals surface area contributed by atoms with Gasteiger partial charge < -0.3 is 10.6 Å². The Hall–Kier alpha value is -1.24. The van der Waals surface area contributed by atoms with Crippen molar-refractivity contribution in [2.45, 2.75) is 25.8 Å². The van der Waals surface area contributed by atoms with E-state index in [1.807, 2.05) is 22.4 Å². The molecule has 0 unspecified atom stereocenters. The van der Waals surface area contributed by atoms with Crippen LogP contribution in [0.1, 0.15) is 29.4 Å². The number of carbonyl (C=O) groups excluding carboxylic acids is 1. The van der Waals surface area contributed by atoms with Gasteiger partial charge in [0.1, 0.15) is 9.88 Å². The first-order chi connectivity index (χ1) is 10.2. The summed E-state index contributed by atoms with van der Waals surface area (Å²) < 4.78 is 0. The molecule has 0 bridgehead atoms. The third-order valence-corrected chi connectivity index (χ3v) is 6.09. The second-order valence-electron chi connectivity index (χ2n) is 5.43. The molecule has 1 aliphatic heterocycles. The smallest absolute Gasteiger partial charge is 0.265 e. The van der Waals surface area contributed by atoms with Gasteiger partial charge in [-0.25, -0.2) is 4.98 Å². The zero-order valence-electron chi connectivity index (χ0n) is 12.0. The number of nitrogens with zero attached hydrogens (tertiary/aromatic N) is 2. The SMILES string of the molecule is C[C@H]1CCCN(C(=O)c2cnc(-c3cccs3)s2)[C@H]1CN. The molecule has 4 nitrogen and oxygen atoms in total. The average Bonchev–Trinajstić information content (AvgIpc) is 3.16. The van der Waals surface area contributed by atoms with Crippen LogP contribution in [0, 0.1) is 5.92 Å². The predicted molar refractivity (Wildman–Crippen MR) is 87.7 cm³/mol. The Labute approximate surface area is 132 Å². The lowest BCUT2D eigenvalue weighted by Gasteiger charge is -2.39. The quantitative estimate of drug-likeness (QED) is 0.945. The summed E-state index contributed by atoms with van der Waals surface area (Å²) in [7, 11) is 0. The standard InChI is InChI=1S/C15H19N3OS2/c1-10-4-2-6-18(11(10)8-16)15(19)13-9-17-14(21-13)12-5-3-7-20-12/h3,5,7,9-11H,2,4,6,8,16H2,1H3/t10-,11-/m0/s1. The summed E-state index contributed by atoms with van der Waals surface area (Å²) in [4.78, 5) is 20.9. The highest BCUT2D eigenvalue weighted by Gasteiger charge is 2.32. The van der Waals surface area contributed by atoms with E-state index in [9.17, 15) is 4.79 Å². The highest BCUT2D eigenvalue weighted by atomic mass is 32.1. The Bertz CT molecular complexity index is 608. The summed E-state index contributed by atoms with van der Waals surface area (Å²) in [5, 5.41) is 2.94. The van der Waals surface area contributed by atoms with E-state index in [4.69, 9.17) is 5.73 Å². The molecule has 6 heteroatoms. The molecule has 2 N–H and O–H groups in total. The third-order valence-electron chi connectivity index (χ3n) is 4.07. The molecule has 1 aliphatic rings. The lowest BCUT2D eigenvalue weighted by Crippen LogP contribution is -2.51. The van der Waals surface area contributed by atoms with E-state index >= 15 is 0 Å². The number of thiazole rings is 1. The van der Waals surface area contributed by atoms with Crippen molar-refractivity contribution in [3.63, 3.8) is 0 Å². The van der Waals surface area contributed by atoms with Crippen molar-refractivity contribution in [1.29, 1.82) is 0 Å². The normalized spacial score (nSPS) is 22.5. The molecule has 0 aromatic carbocycles. The van der Waals surface area contributed by atoms with Gasteiger partial charge >= 0.3 is 0 Å². The number of carbonyl (C=O) groups is 1. The van der Waals surface area contributed by atoms with Crippen LogP contribution in [-0.2, 0) is 0 Å². The van der Waals surface area contributed by atoms with Crippen molar-refractivity contribution >= 4 is 28.6 Å². The van der Waals surface area contributed by atoms with Gasteiger partial charge in [-0.15, -0.1) is 22.7 Å². The molecule has 0 saturated carbocycles. The molecule has 112 valence electrons. The van der Waals surface area contributed by atoms with Crippen molar-refractivity contribution in [3.8, 4) is 9.88 Å². The number of nitrogens with two attached hydrogens (primary N) is 1.